The number of para-hydroxylation sites is 1. The summed E-state index contributed by atoms with van der Waals surface area (Å²) in [5.41, 5.74) is 1.26. The van der Waals surface area contributed by atoms with Gasteiger partial charge in [-0.2, -0.15) is 0 Å². The molecule has 0 aliphatic heterocycles. The average Bonchev–Trinajstić information content (AvgIpc) is 2.28. The van der Waals surface area contributed by atoms with Crippen LogP contribution in [0.25, 0.3) is 10.9 Å². The molecule has 16 heavy (non-hydrogen) atoms. The number of nitrogens with zero attached hydrogens (tertiary/aromatic N) is 1. The van der Waals surface area contributed by atoms with E-state index in [1.54, 1.807) is 6.92 Å². The maximum atomic E-state index is 11.6. The third kappa shape index (κ3) is 2.09. The molecule has 0 N–H and O–H groups in total. The molecule has 1 aromatic carbocycles. The van der Waals surface area contributed by atoms with E-state index >= 15 is 0 Å². The summed E-state index contributed by atoms with van der Waals surface area (Å²) in [6, 6.07) is 9.73. The van der Waals surface area contributed by atoms with Crippen molar-refractivity contribution in [3.05, 3.63) is 36.0 Å². The molecule has 2 aromatic rings. The third-order valence-electron chi connectivity index (χ3n) is 2.22. The third-order valence-corrected chi connectivity index (χ3v) is 3.15. The van der Waals surface area contributed by atoms with Crippen LogP contribution in [-0.4, -0.2) is 34.4 Å². The van der Waals surface area contributed by atoms with Crippen molar-refractivity contribution in [1.82, 2.24) is 4.98 Å². The van der Waals surface area contributed by atoms with Crippen molar-refractivity contribution in [2.45, 2.75) is 6.92 Å². The number of rotatable bonds is 2. The summed E-state index contributed by atoms with van der Waals surface area (Å²) in [5.74, 6) is -0.340. The van der Waals surface area contributed by atoms with Crippen molar-refractivity contribution in [2.24, 2.45) is 0 Å². The van der Waals surface area contributed by atoms with Crippen molar-refractivity contribution in [3.63, 3.8) is 0 Å². The number of aromatic nitrogens is 1. The molecule has 1 aromatic heterocycles. The second-order valence-corrected chi connectivity index (χ2v) is 4.64. The van der Waals surface area contributed by atoms with E-state index < -0.39 is 0 Å². The number of carbonyl (C=O) groups is 1. The van der Waals surface area contributed by atoms with E-state index in [1.165, 1.54) is 16.9 Å². The number of ether oxygens (including phenoxy) is 1. The molecular weight excluding hydrogens is 265 g/mol. The van der Waals surface area contributed by atoms with Gasteiger partial charge in [0.25, 0.3) is 0 Å². The van der Waals surface area contributed by atoms with Crippen molar-refractivity contribution in [1.29, 1.82) is 0 Å². The van der Waals surface area contributed by atoms with Crippen LogP contribution >= 0.6 is 0 Å². The van der Waals surface area contributed by atoms with Gasteiger partial charge in [0.2, 0.25) is 0 Å². The molecule has 82 valence electrons. The molecule has 0 spiro atoms. The van der Waals surface area contributed by atoms with Crippen LogP contribution in [0.2, 0.25) is 0 Å². The first kappa shape index (κ1) is 11.2. The van der Waals surface area contributed by atoms with Crippen LogP contribution < -0.4 is 4.35 Å². The van der Waals surface area contributed by atoms with Crippen LogP contribution in [0.4, 0.5) is 0 Å². The van der Waals surface area contributed by atoms with Crippen molar-refractivity contribution in [3.8, 4) is 0 Å². The van der Waals surface area contributed by atoms with Crippen LogP contribution in [0.5, 0.6) is 0 Å². The molecule has 0 amide bonds. The number of hydrogen-bond acceptors (Lipinski definition) is 3. The van der Waals surface area contributed by atoms with Crippen LogP contribution in [-0.2, 0) is 4.74 Å². The van der Waals surface area contributed by atoms with Gasteiger partial charge in [-0.05, 0) is 0 Å². The predicted molar refractivity (Wildman–Crippen MR) is 65.9 cm³/mol. The summed E-state index contributed by atoms with van der Waals surface area (Å²) in [7, 11) is 0. The Morgan fingerprint density at radius 3 is 2.94 bits per heavy atom. The molecule has 0 bridgehead atoms. The summed E-state index contributed by atoms with van der Waals surface area (Å²) in [6.07, 6.45) is 0. The van der Waals surface area contributed by atoms with E-state index in [1.807, 2.05) is 30.3 Å². The van der Waals surface area contributed by atoms with Gasteiger partial charge in [0.1, 0.15) is 0 Å². The number of esters is 1. The fourth-order valence-electron chi connectivity index (χ4n) is 1.50. The monoisotopic (exact) mass is 277 g/mol. The van der Waals surface area contributed by atoms with Gasteiger partial charge < -0.3 is 0 Å². The normalized spacial score (nSPS) is 10.4. The number of hydrogen-bond donors (Lipinski definition) is 0. The SMILES string of the molecule is CCOC(=O)c1nc2ccccc2cc1[AsH2]. The molecule has 0 radical (unpaired) electrons. The summed E-state index contributed by atoms with van der Waals surface area (Å²) >= 11 is 1.38. The maximum absolute atomic E-state index is 11.6. The van der Waals surface area contributed by atoms with Crippen LogP contribution in [0, 0.1) is 0 Å². The molecule has 0 saturated heterocycles. The second-order valence-electron chi connectivity index (χ2n) is 3.34. The first-order valence-corrected chi connectivity index (χ1v) is 6.26. The van der Waals surface area contributed by atoms with E-state index in [-0.39, 0.29) is 5.97 Å². The van der Waals surface area contributed by atoms with Gasteiger partial charge in [-0.25, -0.2) is 0 Å². The number of pyridine rings is 1. The predicted octanol–water partition coefficient (Wildman–Crippen LogP) is 0.670. The fourth-order valence-corrected chi connectivity index (χ4v) is 2.25. The Hall–Kier alpha value is -1.34. The zero-order valence-electron chi connectivity index (χ0n) is 8.93. The zero-order valence-corrected chi connectivity index (χ0v) is 11.4. The minimum absolute atomic E-state index is 0.340. The van der Waals surface area contributed by atoms with Crippen molar-refractivity contribution >= 4 is 38.1 Å². The second kappa shape index (κ2) is 4.67. The number of carbonyl (C=O) groups excluding carboxylic acids is 1. The van der Waals surface area contributed by atoms with E-state index in [0.717, 1.165) is 15.3 Å². The Kier molecular flexibility index (Phi) is 3.25. The zero-order chi connectivity index (χ0) is 11.5. The number of benzene rings is 1. The van der Waals surface area contributed by atoms with E-state index in [0.29, 0.717) is 12.3 Å². The molecule has 0 fully saturated rings. The van der Waals surface area contributed by atoms with E-state index in [4.69, 9.17) is 4.74 Å². The topological polar surface area (TPSA) is 39.2 Å². The molecule has 0 aliphatic rings. The molecule has 0 aliphatic carbocycles. The first-order valence-electron chi connectivity index (χ1n) is 5.04. The fraction of sp³-hybridized carbons (Fsp3) is 0.167. The van der Waals surface area contributed by atoms with E-state index in [9.17, 15) is 4.79 Å². The Morgan fingerprint density at radius 1 is 1.44 bits per heavy atom. The van der Waals surface area contributed by atoms with Crippen LogP contribution in [0.3, 0.4) is 0 Å². The van der Waals surface area contributed by atoms with E-state index in [2.05, 4.69) is 4.98 Å². The van der Waals surface area contributed by atoms with Crippen LogP contribution in [0.15, 0.2) is 30.3 Å². The summed E-state index contributed by atoms with van der Waals surface area (Å²) in [4.78, 5) is 16.0. The van der Waals surface area contributed by atoms with Gasteiger partial charge in [-0.3, -0.25) is 0 Å². The Balaban J connectivity index is 2.54. The Bertz CT molecular complexity index is 540. The van der Waals surface area contributed by atoms with Crippen molar-refractivity contribution in [2.75, 3.05) is 6.61 Å². The van der Waals surface area contributed by atoms with Gasteiger partial charge in [0.05, 0.1) is 0 Å². The standard InChI is InChI=1S/C12H12AsNO2/c1-2-16-12(15)11-9(13)7-8-5-3-4-6-10(8)14-11/h3-7H,2,13H2,1H3. The summed E-state index contributed by atoms with van der Waals surface area (Å²) in [6.45, 7) is 2.17. The Labute approximate surface area is 102 Å². The molecule has 1 atom stereocenters. The van der Waals surface area contributed by atoms with Gasteiger partial charge in [-0.15, -0.1) is 0 Å². The summed E-state index contributed by atoms with van der Waals surface area (Å²) in [5, 5.41) is 1.05. The van der Waals surface area contributed by atoms with Gasteiger partial charge in [-0.1, -0.05) is 0 Å². The quantitative estimate of drug-likeness (QED) is 0.598. The molecule has 3 nitrogen and oxygen atoms in total. The summed E-state index contributed by atoms with van der Waals surface area (Å²) < 4.78 is 5.87. The average molecular weight is 277 g/mol. The van der Waals surface area contributed by atoms with Crippen molar-refractivity contribution < 1.29 is 9.53 Å². The first-order chi connectivity index (χ1) is 7.72. The molecular formula is C12H12AsNO2. The molecule has 4 heteroatoms. The van der Waals surface area contributed by atoms with Gasteiger partial charge in [0, 0.05) is 0 Å². The molecule has 0 saturated carbocycles. The molecule has 1 unspecified atom stereocenters. The minimum atomic E-state index is -0.340. The number of fused-ring (bicyclic) bond motifs is 1. The van der Waals surface area contributed by atoms with Gasteiger partial charge >= 0.3 is 102 Å². The molecule has 2 rings (SSSR count). The Morgan fingerprint density at radius 2 is 2.19 bits per heavy atom. The molecule has 1 heterocycles. The van der Waals surface area contributed by atoms with Gasteiger partial charge in [0.15, 0.2) is 0 Å². The van der Waals surface area contributed by atoms with Crippen LogP contribution in [0.1, 0.15) is 17.4 Å².